The van der Waals surface area contributed by atoms with Crippen molar-refractivity contribution in [3.63, 3.8) is 0 Å². The van der Waals surface area contributed by atoms with E-state index >= 15 is 0 Å². The van der Waals surface area contributed by atoms with E-state index in [1.807, 2.05) is 61.7 Å². The minimum atomic E-state index is -0.0527. The Balaban J connectivity index is 1.74. The van der Waals surface area contributed by atoms with Crippen molar-refractivity contribution in [2.24, 2.45) is 5.92 Å². The van der Waals surface area contributed by atoms with Crippen LogP contribution in [0.3, 0.4) is 0 Å². The Bertz CT molecular complexity index is 926. The van der Waals surface area contributed by atoms with Crippen LogP contribution in [-0.2, 0) is 0 Å². The molecule has 0 spiro atoms. The van der Waals surface area contributed by atoms with Crippen molar-refractivity contribution in [1.29, 1.82) is 0 Å². The number of carbonyl (C=O) groups excluding carboxylic acids is 1. The molecule has 1 aromatic heterocycles. The van der Waals surface area contributed by atoms with Gasteiger partial charge < -0.3 is 5.32 Å². The quantitative estimate of drug-likeness (QED) is 0.746. The largest absolute Gasteiger partial charge is 0.349 e. The fourth-order valence-electron chi connectivity index (χ4n) is 3.26. The number of hydrogen-bond donors (Lipinski definition) is 1. The van der Waals surface area contributed by atoms with Crippen molar-refractivity contribution in [2.75, 3.05) is 0 Å². The zero-order chi connectivity index (χ0) is 18.1. The van der Waals surface area contributed by atoms with Gasteiger partial charge in [0.05, 0.1) is 11.3 Å². The standard InChI is InChI=1S/C22H23N3O/c1-15-7-6-8-18(13-15)21-20(22(26)23-16(2)17-11-12-17)14-25(24-21)19-9-4-3-5-10-19/h3-10,13-14,16-17H,11-12H2,1-2H3,(H,23,26)/t16-/m1/s1. The number of aromatic nitrogens is 2. The number of para-hydroxylation sites is 1. The van der Waals surface area contributed by atoms with Crippen molar-refractivity contribution in [1.82, 2.24) is 15.1 Å². The Hall–Kier alpha value is -2.88. The molecule has 1 aliphatic rings. The van der Waals surface area contributed by atoms with Crippen LogP contribution < -0.4 is 5.32 Å². The summed E-state index contributed by atoms with van der Waals surface area (Å²) < 4.78 is 1.79. The number of hydrogen-bond acceptors (Lipinski definition) is 2. The maximum absolute atomic E-state index is 12.9. The molecular formula is C22H23N3O. The summed E-state index contributed by atoms with van der Waals surface area (Å²) in [4.78, 5) is 12.9. The topological polar surface area (TPSA) is 46.9 Å². The van der Waals surface area contributed by atoms with Crippen molar-refractivity contribution in [3.8, 4) is 16.9 Å². The van der Waals surface area contributed by atoms with E-state index in [1.54, 1.807) is 4.68 Å². The predicted molar refractivity (Wildman–Crippen MR) is 103 cm³/mol. The average molecular weight is 345 g/mol. The van der Waals surface area contributed by atoms with Gasteiger partial charge in [0.1, 0.15) is 5.69 Å². The SMILES string of the molecule is Cc1cccc(-c2nn(-c3ccccc3)cc2C(=O)N[C@H](C)C2CC2)c1. The molecule has 1 aliphatic carbocycles. The number of rotatable bonds is 5. The van der Waals surface area contributed by atoms with E-state index in [0.29, 0.717) is 11.5 Å². The third-order valence-electron chi connectivity index (χ3n) is 4.96. The molecule has 4 rings (SSSR count). The molecule has 26 heavy (non-hydrogen) atoms. The minimum Gasteiger partial charge on any atom is -0.349 e. The number of benzene rings is 2. The van der Waals surface area contributed by atoms with E-state index < -0.39 is 0 Å². The molecule has 0 saturated heterocycles. The van der Waals surface area contributed by atoms with Crippen molar-refractivity contribution in [3.05, 3.63) is 71.9 Å². The van der Waals surface area contributed by atoms with Crippen molar-refractivity contribution < 1.29 is 4.79 Å². The predicted octanol–water partition coefficient (Wildman–Crippen LogP) is 4.38. The van der Waals surface area contributed by atoms with Crippen LogP contribution in [0.4, 0.5) is 0 Å². The molecule has 3 aromatic rings. The molecular weight excluding hydrogens is 322 g/mol. The first-order valence-corrected chi connectivity index (χ1v) is 9.15. The highest BCUT2D eigenvalue weighted by Crippen LogP contribution is 2.33. The fraction of sp³-hybridized carbons (Fsp3) is 0.273. The number of carbonyl (C=O) groups is 1. The molecule has 4 heteroatoms. The first kappa shape index (κ1) is 16.6. The molecule has 0 bridgehead atoms. The van der Waals surface area contributed by atoms with Gasteiger partial charge in [-0.05, 0) is 50.8 Å². The lowest BCUT2D eigenvalue weighted by Gasteiger charge is -2.12. The second-order valence-electron chi connectivity index (χ2n) is 7.14. The van der Waals surface area contributed by atoms with Crippen LogP contribution in [0.5, 0.6) is 0 Å². The molecule has 0 unspecified atom stereocenters. The van der Waals surface area contributed by atoms with Crippen LogP contribution in [0.2, 0.25) is 0 Å². The average Bonchev–Trinajstić information content (AvgIpc) is 3.40. The Morgan fingerprint density at radius 1 is 1.15 bits per heavy atom. The van der Waals surface area contributed by atoms with E-state index in [2.05, 4.69) is 18.3 Å². The Morgan fingerprint density at radius 3 is 2.62 bits per heavy atom. The summed E-state index contributed by atoms with van der Waals surface area (Å²) in [5.41, 5.74) is 4.39. The third kappa shape index (κ3) is 3.40. The van der Waals surface area contributed by atoms with E-state index in [1.165, 1.54) is 12.8 Å². The highest BCUT2D eigenvalue weighted by Gasteiger charge is 2.30. The molecule has 1 saturated carbocycles. The van der Waals surface area contributed by atoms with Crippen molar-refractivity contribution in [2.45, 2.75) is 32.7 Å². The van der Waals surface area contributed by atoms with Gasteiger partial charge in [0.15, 0.2) is 0 Å². The lowest BCUT2D eigenvalue weighted by Crippen LogP contribution is -2.34. The third-order valence-corrected chi connectivity index (χ3v) is 4.96. The zero-order valence-corrected chi connectivity index (χ0v) is 15.1. The van der Waals surface area contributed by atoms with Crippen LogP contribution in [0.15, 0.2) is 60.8 Å². The molecule has 0 aliphatic heterocycles. The van der Waals surface area contributed by atoms with Gasteiger partial charge in [-0.15, -0.1) is 0 Å². The first-order chi connectivity index (χ1) is 12.6. The van der Waals surface area contributed by atoms with Crippen molar-refractivity contribution >= 4 is 5.91 Å². The van der Waals surface area contributed by atoms with Gasteiger partial charge in [0.25, 0.3) is 5.91 Å². The van der Waals surface area contributed by atoms with Gasteiger partial charge in [-0.3, -0.25) is 4.79 Å². The maximum atomic E-state index is 12.9. The number of amides is 1. The van der Waals surface area contributed by atoms with Gasteiger partial charge in [-0.25, -0.2) is 4.68 Å². The monoisotopic (exact) mass is 345 g/mol. The summed E-state index contributed by atoms with van der Waals surface area (Å²) >= 11 is 0. The first-order valence-electron chi connectivity index (χ1n) is 9.15. The van der Waals surface area contributed by atoms with Crippen LogP contribution in [0.25, 0.3) is 16.9 Å². The number of nitrogens with zero attached hydrogens (tertiary/aromatic N) is 2. The molecule has 1 N–H and O–H groups in total. The Morgan fingerprint density at radius 2 is 1.92 bits per heavy atom. The lowest BCUT2D eigenvalue weighted by atomic mass is 10.0. The molecule has 1 amide bonds. The fourth-order valence-corrected chi connectivity index (χ4v) is 3.26. The zero-order valence-electron chi connectivity index (χ0n) is 15.1. The molecule has 1 atom stereocenters. The normalized spacial score (nSPS) is 14.8. The molecule has 0 radical (unpaired) electrons. The summed E-state index contributed by atoms with van der Waals surface area (Å²) in [6.07, 6.45) is 4.24. The van der Waals surface area contributed by atoms with Gasteiger partial charge in [0.2, 0.25) is 0 Å². The van der Waals surface area contributed by atoms with E-state index in [0.717, 1.165) is 22.5 Å². The van der Waals surface area contributed by atoms with Crippen LogP contribution in [0.1, 0.15) is 35.7 Å². The summed E-state index contributed by atoms with van der Waals surface area (Å²) in [5.74, 6) is 0.564. The second kappa shape index (κ2) is 6.79. The van der Waals surface area contributed by atoms with Crippen LogP contribution in [0, 0.1) is 12.8 Å². The Labute approximate surface area is 153 Å². The van der Waals surface area contributed by atoms with E-state index in [4.69, 9.17) is 5.10 Å². The minimum absolute atomic E-state index is 0.0527. The Kier molecular flexibility index (Phi) is 4.33. The smallest absolute Gasteiger partial charge is 0.255 e. The summed E-state index contributed by atoms with van der Waals surface area (Å²) in [5, 5.41) is 7.89. The molecule has 132 valence electrons. The highest BCUT2D eigenvalue weighted by atomic mass is 16.1. The van der Waals surface area contributed by atoms with Gasteiger partial charge in [0, 0.05) is 17.8 Å². The van der Waals surface area contributed by atoms with Gasteiger partial charge in [-0.1, -0.05) is 42.0 Å². The molecule has 4 nitrogen and oxygen atoms in total. The number of aryl methyl sites for hydroxylation is 1. The molecule has 1 fully saturated rings. The van der Waals surface area contributed by atoms with Crippen LogP contribution >= 0.6 is 0 Å². The lowest BCUT2D eigenvalue weighted by molar-refractivity contribution is 0.0936. The number of nitrogens with one attached hydrogen (secondary N) is 1. The molecule has 2 aromatic carbocycles. The summed E-state index contributed by atoms with van der Waals surface area (Å²) in [6, 6.07) is 18.2. The summed E-state index contributed by atoms with van der Waals surface area (Å²) in [6.45, 7) is 4.14. The van der Waals surface area contributed by atoms with Gasteiger partial charge >= 0.3 is 0 Å². The van der Waals surface area contributed by atoms with E-state index in [9.17, 15) is 4.79 Å². The molecule has 1 heterocycles. The van der Waals surface area contributed by atoms with Gasteiger partial charge in [-0.2, -0.15) is 5.10 Å². The van der Waals surface area contributed by atoms with Crippen LogP contribution in [-0.4, -0.2) is 21.7 Å². The summed E-state index contributed by atoms with van der Waals surface area (Å²) in [7, 11) is 0. The maximum Gasteiger partial charge on any atom is 0.255 e. The second-order valence-corrected chi connectivity index (χ2v) is 7.14. The highest BCUT2D eigenvalue weighted by molar-refractivity contribution is 6.00. The van der Waals surface area contributed by atoms with E-state index in [-0.39, 0.29) is 11.9 Å².